The van der Waals surface area contributed by atoms with Crippen LogP contribution in [0.4, 0.5) is 5.82 Å². The van der Waals surface area contributed by atoms with Crippen LogP contribution in [0, 0.1) is 5.92 Å². The Morgan fingerprint density at radius 1 is 1.14 bits per heavy atom. The van der Waals surface area contributed by atoms with E-state index in [4.69, 9.17) is 9.94 Å². The average Bonchev–Trinajstić information content (AvgIpc) is 3.52. The first-order valence-electron chi connectivity index (χ1n) is 9.20. The number of nitrogens with one attached hydrogen (secondary N) is 2. The molecule has 4 N–H and O–H groups in total. The highest BCUT2D eigenvalue weighted by molar-refractivity contribution is 5.93. The molecule has 146 valence electrons. The summed E-state index contributed by atoms with van der Waals surface area (Å²) in [7, 11) is 0. The van der Waals surface area contributed by atoms with Crippen LogP contribution in [0.25, 0.3) is 0 Å². The molecule has 1 aromatic heterocycles. The smallest absolute Gasteiger partial charge is 0.275 e. The summed E-state index contributed by atoms with van der Waals surface area (Å²) in [5.41, 5.74) is 1.70. The quantitative estimate of drug-likeness (QED) is 0.463. The van der Waals surface area contributed by atoms with Crippen LogP contribution in [0.15, 0.2) is 36.5 Å². The number of hydroxylamine groups is 1. The van der Waals surface area contributed by atoms with E-state index in [0.29, 0.717) is 23.7 Å². The molecular formula is C20H21N3O5. The van der Waals surface area contributed by atoms with Crippen molar-refractivity contribution in [2.45, 2.75) is 37.7 Å². The molecule has 2 aliphatic rings. The van der Waals surface area contributed by atoms with E-state index in [-0.39, 0.29) is 24.7 Å². The monoisotopic (exact) mass is 383 g/mol. The van der Waals surface area contributed by atoms with Gasteiger partial charge in [0.05, 0.1) is 0 Å². The molecule has 2 aliphatic carbocycles. The number of nitrogens with zero attached hydrogens (tertiary/aromatic N) is 1. The Bertz CT molecular complexity index is 928. The maximum atomic E-state index is 11.9. The zero-order chi connectivity index (χ0) is 19.7. The minimum absolute atomic E-state index is 0.0279. The van der Waals surface area contributed by atoms with Gasteiger partial charge in [-0.15, -0.1) is 0 Å². The first-order valence-corrected chi connectivity index (χ1v) is 9.20. The number of hydrogen-bond acceptors (Lipinski definition) is 6. The molecule has 28 heavy (non-hydrogen) atoms. The number of aromatic nitrogens is 1. The van der Waals surface area contributed by atoms with Crippen molar-refractivity contribution in [2.24, 2.45) is 5.92 Å². The van der Waals surface area contributed by atoms with Gasteiger partial charge in [0, 0.05) is 24.6 Å². The fourth-order valence-corrected chi connectivity index (χ4v) is 3.37. The first-order chi connectivity index (χ1) is 13.5. The zero-order valence-electron chi connectivity index (χ0n) is 15.1. The van der Waals surface area contributed by atoms with Gasteiger partial charge in [-0.1, -0.05) is 6.07 Å². The number of rotatable bonds is 5. The predicted molar refractivity (Wildman–Crippen MR) is 99.0 cm³/mol. The van der Waals surface area contributed by atoms with Gasteiger partial charge in [-0.25, -0.2) is 10.5 Å². The van der Waals surface area contributed by atoms with Crippen LogP contribution >= 0.6 is 0 Å². The molecule has 0 saturated heterocycles. The molecule has 2 aromatic rings. The number of carbonyl (C=O) groups is 2. The Labute approximate surface area is 161 Å². The van der Waals surface area contributed by atoms with Crippen LogP contribution in [0.5, 0.6) is 11.5 Å². The molecule has 4 rings (SSSR count). The number of anilines is 1. The van der Waals surface area contributed by atoms with Crippen LogP contribution in [0.1, 0.15) is 30.4 Å². The summed E-state index contributed by atoms with van der Waals surface area (Å²) in [5.74, 6) is 0.732. The normalized spacial score (nSPS) is 20.8. The van der Waals surface area contributed by atoms with Gasteiger partial charge < -0.3 is 15.2 Å². The van der Waals surface area contributed by atoms with Crippen molar-refractivity contribution >= 4 is 17.6 Å². The van der Waals surface area contributed by atoms with Crippen LogP contribution in [0.2, 0.25) is 0 Å². The number of hydrogen-bond donors (Lipinski definition) is 4. The number of aliphatic hydroxyl groups is 1. The van der Waals surface area contributed by atoms with Crippen molar-refractivity contribution in [1.82, 2.24) is 10.5 Å². The molecule has 0 aliphatic heterocycles. The second-order valence-corrected chi connectivity index (χ2v) is 7.32. The summed E-state index contributed by atoms with van der Waals surface area (Å²) in [6.45, 7) is 0. The lowest BCUT2D eigenvalue weighted by Crippen LogP contribution is -2.49. The molecule has 1 atom stereocenters. The molecule has 1 saturated carbocycles. The van der Waals surface area contributed by atoms with Crippen molar-refractivity contribution < 1.29 is 24.6 Å². The zero-order valence-corrected chi connectivity index (χ0v) is 15.1. The average molecular weight is 383 g/mol. The molecule has 8 nitrogen and oxygen atoms in total. The Kier molecular flexibility index (Phi) is 4.74. The summed E-state index contributed by atoms with van der Waals surface area (Å²) in [6, 6.07) is 8.82. The number of pyridine rings is 1. The largest absolute Gasteiger partial charge is 0.457 e. The Morgan fingerprint density at radius 3 is 2.68 bits per heavy atom. The van der Waals surface area contributed by atoms with Gasteiger partial charge in [0.2, 0.25) is 5.91 Å². The maximum absolute atomic E-state index is 11.9. The minimum atomic E-state index is -1.64. The van der Waals surface area contributed by atoms with Crippen molar-refractivity contribution in [3.05, 3.63) is 47.7 Å². The molecule has 2 amide bonds. The third-order valence-corrected chi connectivity index (χ3v) is 5.16. The lowest BCUT2D eigenvalue weighted by Gasteiger charge is -2.31. The second-order valence-electron chi connectivity index (χ2n) is 7.32. The fraction of sp³-hybridized carbons (Fsp3) is 0.350. The Hall–Kier alpha value is -2.97. The van der Waals surface area contributed by atoms with E-state index in [9.17, 15) is 14.7 Å². The molecule has 1 heterocycles. The van der Waals surface area contributed by atoms with E-state index in [1.807, 2.05) is 12.1 Å². The molecule has 1 fully saturated rings. The lowest BCUT2D eigenvalue weighted by molar-refractivity contribution is -0.149. The number of ether oxygens (including phenoxy) is 1. The van der Waals surface area contributed by atoms with E-state index in [0.717, 1.165) is 24.0 Å². The third-order valence-electron chi connectivity index (χ3n) is 5.16. The summed E-state index contributed by atoms with van der Waals surface area (Å²) < 4.78 is 5.87. The summed E-state index contributed by atoms with van der Waals surface area (Å²) >= 11 is 0. The number of benzene rings is 1. The minimum Gasteiger partial charge on any atom is -0.457 e. The van der Waals surface area contributed by atoms with Crippen LogP contribution in [-0.2, 0) is 22.4 Å². The van der Waals surface area contributed by atoms with E-state index >= 15 is 0 Å². The van der Waals surface area contributed by atoms with E-state index in [1.165, 1.54) is 5.48 Å². The highest BCUT2D eigenvalue weighted by Crippen LogP contribution is 2.33. The topological polar surface area (TPSA) is 121 Å². The van der Waals surface area contributed by atoms with Crippen molar-refractivity contribution in [3.63, 3.8) is 0 Å². The SMILES string of the molecule is O=C(Nc1cc(Oc2ccc3c(c2)CC(O)(C(=O)NO)CC3)ccn1)C1CC1. The second kappa shape index (κ2) is 7.21. The summed E-state index contributed by atoms with van der Waals surface area (Å²) in [6.07, 6.45) is 4.23. The summed E-state index contributed by atoms with van der Waals surface area (Å²) in [5, 5.41) is 22.1. The number of amides is 2. The van der Waals surface area contributed by atoms with E-state index in [2.05, 4.69) is 10.3 Å². The fourth-order valence-electron chi connectivity index (χ4n) is 3.37. The molecule has 1 aromatic carbocycles. The van der Waals surface area contributed by atoms with Gasteiger partial charge in [-0.05, 0) is 55.0 Å². The molecular weight excluding hydrogens is 362 g/mol. The maximum Gasteiger partial charge on any atom is 0.275 e. The molecule has 0 radical (unpaired) electrons. The van der Waals surface area contributed by atoms with Crippen LogP contribution in [-0.4, -0.2) is 32.7 Å². The number of aryl methyl sites for hydroxylation is 1. The summed E-state index contributed by atoms with van der Waals surface area (Å²) in [4.78, 5) is 27.8. The molecule has 0 spiro atoms. The highest BCUT2D eigenvalue weighted by atomic mass is 16.5. The Balaban J connectivity index is 1.49. The standard InChI is InChI=1S/C20H21N3O5/c24-18(13-1-2-13)22-17-10-16(6-8-21-17)28-15-4-3-12-5-7-20(26,19(25)23-27)11-14(12)9-15/h3-4,6,8-10,13,26-27H,1-2,5,7,11H2,(H,23,25)(H,21,22,24). The van der Waals surface area contributed by atoms with Crippen molar-refractivity contribution in [3.8, 4) is 11.5 Å². The van der Waals surface area contributed by atoms with Crippen LogP contribution < -0.4 is 15.5 Å². The van der Waals surface area contributed by atoms with Crippen molar-refractivity contribution in [2.75, 3.05) is 5.32 Å². The molecule has 0 bridgehead atoms. The van der Waals surface area contributed by atoms with Gasteiger partial charge >= 0.3 is 0 Å². The van der Waals surface area contributed by atoms with Crippen molar-refractivity contribution in [1.29, 1.82) is 0 Å². The number of carbonyl (C=O) groups excluding carboxylic acids is 2. The Morgan fingerprint density at radius 2 is 1.93 bits per heavy atom. The van der Waals surface area contributed by atoms with Crippen LogP contribution in [0.3, 0.4) is 0 Å². The molecule has 8 heteroatoms. The molecule has 1 unspecified atom stereocenters. The van der Waals surface area contributed by atoms with E-state index < -0.39 is 11.5 Å². The lowest BCUT2D eigenvalue weighted by atomic mass is 9.80. The highest BCUT2D eigenvalue weighted by Gasteiger charge is 2.39. The van der Waals surface area contributed by atoms with Gasteiger partial charge in [0.25, 0.3) is 5.91 Å². The predicted octanol–water partition coefficient (Wildman–Crippen LogP) is 1.95. The van der Waals surface area contributed by atoms with E-state index in [1.54, 1.807) is 24.4 Å². The number of fused-ring (bicyclic) bond motifs is 1. The first kappa shape index (κ1) is 18.4. The third kappa shape index (κ3) is 3.83. The van der Waals surface area contributed by atoms with Gasteiger partial charge in [-0.3, -0.25) is 14.8 Å². The van der Waals surface area contributed by atoms with Gasteiger partial charge in [0.1, 0.15) is 22.9 Å². The van der Waals surface area contributed by atoms with Gasteiger partial charge in [0.15, 0.2) is 0 Å². The van der Waals surface area contributed by atoms with Gasteiger partial charge in [-0.2, -0.15) is 0 Å².